The molecule has 0 atom stereocenters. The van der Waals surface area contributed by atoms with Gasteiger partial charge in [-0.15, -0.1) is 0 Å². The summed E-state index contributed by atoms with van der Waals surface area (Å²) in [5, 5.41) is 0. The zero-order chi connectivity index (χ0) is 0. The van der Waals surface area contributed by atoms with Gasteiger partial charge in [-0.3, -0.25) is 0 Å². The van der Waals surface area contributed by atoms with Crippen LogP contribution in [0.15, 0.2) is 0 Å². The van der Waals surface area contributed by atoms with Gasteiger partial charge in [0.1, 0.15) is 0 Å². The number of hydrogen-bond acceptors (Lipinski definition) is 0. The SMILES string of the molecule is [CH3-].[Mn].[Ni].[PbH2]. The molecule has 0 fully saturated rings. The van der Waals surface area contributed by atoms with Crippen molar-refractivity contribution < 1.29 is 33.6 Å². The first-order valence-electron chi connectivity index (χ1n) is 0. The monoisotopic (exact) mass is 338 g/mol. The predicted molar refractivity (Wildman–Crippen MR) is 15.0 cm³/mol. The first-order valence-corrected chi connectivity index (χ1v) is 0. The van der Waals surface area contributed by atoms with Gasteiger partial charge in [-0.2, -0.15) is 0 Å². The fourth-order valence-electron chi connectivity index (χ4n) is 0. The molecule has 31 valence electrons. The van der Waals surface area contributed by atoms with E-state index in [-0.39, 0.29) is 68.3 Å². The van der Waals surface area contributed by atoms with Crippen LogP contribution in [-0.2, 0) is 33.6 Å². The van der Waals surface area contributed by atoms with Crippen LogP contribution in [0, 0.1) is 7.43 Å². The quantitative estimate of drug-likeness (QED) is 0.414. The molecule has 4 heavy (non-hydrogen) atoms. The molecular weight excluding hydrogens is 333 g/mol. The van der Waals surface area contributed by atoms with E-state index in [0.717, 1.165) is 0 Å². The predicted octanol–water partition coefficient (Wildman–Crippen LogP) is -0.471. The van der Waals surface area contributed by atoms with Crippen LogP contribution in [-0.4, -0.2) is 27.3 Å². The standard InChI is InChI=1S/CH3.Mn.Ni.Pb.2H/h1H3;;;;;/q-1;;;;;. The van der Waals surface area contributed by atoms with E-state index in [1.807, 2.05) is 0 Å². The maximum atomic E-state index is 0. The summed E-state index contributed by atoms with van der Waals surface area (Å²) in [4.78, 5) is 0. The van der Waals surface area contributed by atoms with Crippen molar-refractivity contribution in [2.24, 2.45) is 0 Å². The van der Waals surface area contributed by atoms with Gasteiger partial charge in [0.05, 0.1) is 0 Å². The van der Waals surface area contributed by atoms with E-state index in [1.54, 1.807) is 0 Å². The maximum absolute atomic E-state index is 0. The summed E-state index contributed by atoms with van der Waals surface area (Å²) in [6, 6.07) is 0. The van der Waals surface area contributed by atoms with Crippen molar-refractivity contribution in [2.75, 3.05) is 0 Å². The third-order valence-corrected chi connectivity index (χ3v) is 0. The Bertz CT molecular complexity index is 8.00. The molecule has 3 heteroatoms. The van der Waals surface area contributed by atoms with Gasteiger partial charge in [-0.05, 0) is 0 Å². The van der Waals surface area contributed by atoms with Crippen molar-refractivity contribution in [3.05, 3.63) is 7.43 Å². The summed E-state index contributed by atoms with van der Waals surface area (Å²) in [6.45, 7) is 0. The van der Waals surface area contributed by atoms with E-state index in [2.05, 4.69) is 0 Å². The zero-order valence-corrected chi connectivity index (χ0v) is 10.1. The Balaban J connectivity index is 0. The second kappa shape index (κ2) is 20.4. The van der Waals surface area contributed by atoms with Crippen molar-refractivity contribution in [1.82, 2.24) is 0 Å². The Morgan fingerprint density at radius 2 is 1.00 bits per heavy atom. The molecule has 0 aromatic rings. The van der Waals surface area contributed by atoms with E-state index >= 15 is 0 Å². The molecule has 0 amide bonds. The number of rotatable bonds is 0. The van der Waals surface area contributed by atoms with Gasteiger partial charge in [0, 0.05) is 33.6 Å². The molecule has 0 saturated carbocycles. The van der Waals surface area contributed by atoms with E-state index in [0.29, 0.717) is 0 Å². The van der Waals surface area contributed by atoms with E-state index in [9.17, 15) is 0 Å². The van der Waals surface area contributed by atoms with Crippen LogP contribution in [0.3, 0.4) is 0 Å². The topological polar surface area (TPSA) is 0 Å². The van der Waals surface area contributed by atoms with Crippen molar-refractivity contribution in [2.45, 2.75) is 0 Å². The van der Waals surface area contributed by atoms with Gasteiger partial charge >= 0.3 is 27.3 Å². The molecule has 0 bridgehead atoms. The summed E-state index contributed by atoms with van der Waals surface area (Å²) in [5.74, 6) is 0. The molecule has 0 saturated heterocycles. The zero-order valence-electron chi connectivity index (χ0n) is 2.40. The third-order valence-electron chi connectivity index (χ3n) is 0. The van der Waals surface area contributed by atoms with Crippen molar-refractivity contribution >= 4 is 27.3 Å². The molecule has 0 aromatic heterocycles. The van der Waals surface area contributed by atoms with E-state index in [1.165, 1.54) is 0 Å². The molecule has 0 nitrogen and oxygen atoms in total. The normalized spacial score (nSPS) is 0. The molecule has 0 unspecified atom stereocenters. The van der Waals surface area contributed by atoms with Gasteiger partial charge in [0.2, 0.25) is 0 Å². The Morgan fingerprint density at radius 1 is 1.00 bits per heavy atom. The molecule has 0 aliphatic rings. The Labute approximate surface area is 67.7 Å². The van der Waals surface area contributed by atoms with Crippen LogP contribution in [0.5, 0.6) is 0 Å². The summed E-state index contributed by atoms with van der Waals surface area (Å²) in [5.41, 5.74) is 0. The summed E-state index contributed by atoms with van der Waals surface area (Å²) >= 11 is 0. The van der Waals surface area contributed by atoms with E-state index in [4.69, 9.17) is 0 Å². The van der Waals surface area contributed by atoms with Crippen molar-refractivity contribution in [1.29, 1.82) is 0 Å². The minimum atomic E-state index is 0. The first-order chi connectivity index (χ1) is 0. The van der Waals surface area contributed by atoms with Crippen LogP contribution in [0.4, 0.5) is 0 Å². The van der Waals surface area contributed by atoms with E-state index < -0.39 is 0 Å². The van der Waals surface area contributed by atoms with Gasteiger partial charge in [-0.25, -0.2) is 0 Å². The van der Waals surface area contributed by atoms with Gasteiger partial charge in [0.25, 0.3) is 0 Å². The molecule has 0 spiro atoms. The summed E-state index contributed by atoms with van der Waals surface area (Å²) in [7, 11) is 0. The van der Waals surface area contributed by atoms with Gasteiger partial charge in [-0.1, -0.05) is 0 Å². The summed E-state index contributed by atoms with van der Waals surface area (Å²) in [6.07, 6.45) is 0. The molecule has 0 rings (SSSR count). The average Bonchev–Trinajstić information content (AvgIpc) is 0. The first kappa shape index (κ1) is 38.6. The Morgan fingerprint density at radius 3 is 1.00 bits per heavy atom. The fourth-order valence-corrected chi connectivity index (χ4v) is 0. The van der Waals surface area contributed by atoms with Crippen LogP contribution in [0.2, 0.25) is 0 Å². The molecule has 0 aliphatic heterocycles. The molecule has 0 N–H and O–H groups in total. The van der Waals surface area contributed by atoms with Gasteiger partial charge in [0.15, 0.2) is 0 Å². The Kier molecular flexibility index (Phi) is 197. The Hall–Kier alpha value is 1.94. The van der Waals surface area contributed by atoms with Crippen LogP contribution in [0.25, 0.3) is 0 Å². The average molecular weight is 338 g/mol. The minimum absolute atomic E-state index is 0. The third kappa shape index (κ3) is 9.05. The molecule has 3 radical (unpaired) electrons. The molecule has 0 aliphatic carbocycles. The van der Waals surface area contributed by atoms with Crippen molar-refractivity contribution in [3.8, 4) is 0 Å². The fraction of sp³-hybridized carbons (Fsp3) is 0. The van der Waals surface area contributed by atoms with Crippen LogP contribution < -0.4 is 0 Å². The number of hydrogen-bond donors (Lipinski definition) is 0. The molecular formula is CH5MnNiPb-. The van der Waals surface area contributed by atoms with Gasteiger partial charge < -0.3 is 7.43 Å². The van der Waals surface area contributed by atoms with Crippen LogP contribution >= 0.6 is 0 Å². The van der Waals surface area contributed by atoms with Crippen LogP contribution in [0.1, 0.15) is 0 Å². The second-order valence-corrected chi connectivity index (χ2v) is 0. The second-order valence-electron chi connectivity index (χ2n) is 0. The summed E-state index contributed by atoms with van der Waals surface area (Å²) < 4.78 is 0. The van der Waals surface area contributed by atoms with Crippen molar-refractivity contribution in [3.63, 3.8) is 0 Å². The molecule has 0 heterocycles. The molecule has 0 aromatic carbocycles.